The number of nitrogens with zero attached hydrogens (tertiary/aromatic N) is 3. The number of carbonyl (C=O) groups excluding carboxylic acids is 2. The fraction of sp³-hybridized carbons (Fsp3) is 0.375. The van der Waals surface area contributed by atoms with E-state index in [-0.39, 0.29) is 24.2 Å². The van der Waals surface area contributed by atoms with Crippen molar-refractivity contribution in [1.82, 2.24) is 20.2 Å². The highest BCUT2D eigenvalue weighted by Crippen LogP contribution is 2.20. The first-order valence-corrected chi connectivity index (χ1v) is 8.36. The maximum atomic E-state index is 12.2. The first kappa shape index (κ1) is 15.6. The molecule has 7 heteroatoms. The average Bonchev–Trinajstić information content (AvgIpc) is 3.12. The van der Waals surface area contributed by atoms with Crippen molar-refractivity contribution in [3.05, 3.63) is 46.2 Å². The third-order valence-corrected chi connectivity index (χ3v) is 4.71. The third-order valence-electron chi connectivity index (χ3n) is 3.74. The zero-order valence-corrected chi connectivity index (χ0v) is 13.7. The molecule has 1 aliphatic rings. The van der Waals surface area contributed by atoms with Gasteiger partial charge in [0.25, 0.3) is 0 Å². The van der Waals surface area contributed by atoms with Crippen LogP contribution in [0.3, 0.4) is 0 Å². The van der Waals surface area contributed by atoms with Gasteiger partial charge in [-0.2, -0.15) is 0 Å². The van der Waals surface area contributed by atoms with E-state index in [1.54, 1.807) is 11.1 Å². The van der Waals surface area contributed by atoms with Gasteiger partial charge < -0.3 is 10.2 Å². The van der Waals surface area contributed by atoms with Crippen LogP contribution in [0.5, 0.6) is 0 Å². The van der Waals surface area contributed by atoms with Gasteiger partial charge in [-0.3, -0.25) is 14.6 Å². The molecule has 1 atom stereocenters. The van der Waals surface area contributed by atoms with Crippen LogP contribution >= 0.6 is 11.3 Å². The summed E-state index contributed by atoms with van der Waals surface area (Å²) >= 11 is 1.53. The lowest BCUT2D eigenvalue weighted by molar-refractivity contribution is -0.129. The molecular formula is C16H18N4O2S. The van der Waals surface area contributed by atoms with E-state index in [9.17, 15) is 9.59 Å². The molecule has 1 fully saturated rings. The second-order valence-corrected chi connectivity index (χ2v) is 6.54. The van der Waals surface area contributed by atoms with E-state index in [1.807, 2.05) is 30.5 Å². The third kappa shape index (κ3) is 3.92. The lowest BCUT2D eigenvalue weighted by Gasteiger charge is -2.15. The Morgan fingerprint density at radius 3 is 3.04 bits per heavy atom. The topological polar surface area (TPSA) is 75.2 Å². The summed E-state index contributed by atoms with van der Waals surface area (Å²) in [4.78, 5) is 34.6. The number of nitrogens with one attached hydrogen (secondary N) is 1. The van der Waals surface area contributed by atoms with E-state index in [1.165, 1.54) is 11.3 Å². The van der Waals surface area contributed by atoms with Gasteiger partial charge in [-0.25, -0.2) is 4.98 Å². The number of aryl methyl sites for hydroxylation is 1. The van der Waals surface area contributed by atoms with Crippen molar-refractivity contribution >= 4 is 23.2 Å². The van der Waals surface area contributed by atoms with Crippen LogP contribution in [0.4, 0.5) is 0 Å². The minimum atomic E-state index is -0.299. The highest BCUT2D eigenvalue weighted by molar-refractivity contribution is 7.09. The molecule has 0 bridgehead atoms. The molecule has 0 aliphatic carbocycles. The van der Waals surface area contributed by atoms with Gasteiger partial charge in [0.2, 0.25) is 11.8 Å². The number of thiazole rings is 1. The largest absolute Gasteiger partial charge is 0.349 e. The SMILES string of the molecule is Cc1csc(CNC(=O)[C@@H]2CC(=O)N(Cc3ccccn3)C2)n1. The Morgan fingerprint density at radius 2 is 2.35 bits per heavy atom. The number of hydrogen-bond donors (Lipinski definition) is 1. The quantitative estimate of drug-likeness (QED) is 0.902. The monoisotopic (exact) mass is 330 g/mol. The summed E-state index contributed by atoms with van der Waals surface area (Å²) in [6.07, 6.45) is 1.96. The van der Waals surface area contributed by atoms with Crippen molar-refractivity contribution in [3.63, 3.8) is 0 Å². The molecule has 0 radical (unpaired) electrons. The minimum Gasteiger partial charge on any atom is -0.349 e. The number of aromatic nitrogens is 2. The summed E-state index contributed by atoms with van der Waals surface area (Å²) in [5, 5.41) is 5.71. The summed E-state index contributed by atoms with van der Waals surface area (Å²) in [5.74, 6) is -0.386. The second-order valence-electron chi connectivity index (χ2n) is 5.60. The Hall–Kier alpha value is -2.28. The molecular weight excluding hydrogens is 312 g/mol. The lowest BCUT2D eigenvalue weighted by Crippen LogP contribution is -2.32. The molecule has 120 valence electrons. The van der Waals surface area contributed by atoms with Crippen molar-refractivity contribution < 1.29 is 9.59 Å². The molecule has 0 unspecified atom stereocenters. The Balaban J connectivity index is 1.53. The predicted molar refractivity (Wildman–Crippen MR) is 86.5 cm³/mol. The van der Waals surface area contributed by atoms with Crippen molar-refractivity contribution in [2.24, 2.45) is 5.92 Å². The van der Waals surface area contributed by atoms with E-state index in [4.69, 9.17) is 0 Å². The number of carbonyl (C=O) groups is 2. The molecule has 1 N–H and O–H groups in total. The highest BCUT2D eigenvalue weighted by Gasteiger charge is 2.34. The lowest BCUT2D eigenvalue weighted by atomic mass is 10.1. The Labute approximate surface area is 138 Å². The fourth-order valence-corrected chi connectivity index (χ4v) is 3.29. The van der Waals surface area contributed by atoms with Crippen LogP contribution in [0.2, 0.25) is 0 Å². The number of pyridine rings is 1. The Bertz CT molecular complexity index is 701. The van der Waals surface area contributed by atoms with Crippen LogP contribution in [0.1, 0.15) is 22.8 Å². The van der Waals surface area contributed by atoms with E-state index in [2.05, 4.69) is 15.3 Å². The molecule has 1 saturated heterocycles. The van der Waals surface area contributed by atoms with Crippen molar-refractivity contribution in [1.29, 1.82) is 0 Å². The summed E-state index contributed by atoms with van der Waals surface area (Å²) in [5.41, 5.74) is 1.79. The molecule has 2 aromatic rings. The van der Waals surface area contributed by atoms with Crippen molar-refractivity contribution in [2.75, 3.05) is 6.54 Å². The Morgan fingerprint density at radius 1 is 1.48 bits per heavy atom. The van der Waals surface area contributed by atoms with Gasteiger partial charge in [0.15, 0.2) is 0 Å². The normalized spacial score (nSPS) is 17.5. The Kier molecular flexibility index (Phi) is 4.66. The van der Waals surface area contributed by atoms with E-state index < -0.39 is 0 Å². The van der Waals surface area contributed by atoms with E-state index in [0.29, 0.717) is 19.6 Å². The first-order chi connectivity index (χ1) is 11.1. The van der Waals surface area contributed by atoms with Crippen LogP contribution in [0.25, 0.3) is 0 Å². The maximum Gasteiger partial charge on any atom is 0.225 e. The van der Waals surface area contributed by atoms with Crippen LogP contribution < -0.4 is 5.32 Å². The van der Waals surface area contributed by atoms with Gasteiger partial charge >= 0.3 is 0 Å². The van der Waals surface area contributed by atoms with E-state index >= 15 is 0 Å². The average molecular weight is 330 g/mol. The molecule has 23 heavy (non-hydrogen) atoms. The molecule has 0 saturated carbocycles. The summed E-state index contributed by atoms with van der Waals surface area (Å²) in [6, 6.07) is 5.61. The van der Waals surface area contributed by atoms with Crippen LogP contribution in [0, 0.1) is 12.8 Å². The van der Waals surface area contributed by atoms with Gasteiger partial charge in [0.05, 0.1) is 24.7 Å². The van der Waals surface area contributed by atoms with Gasteiger partial charge in [-0.1, -0.05) is 6.07 Å². The number of likely N-dealkylation sites (tertiary alicyclic amines) is 1. The predicted octanol–water partition coefficient (Wildman–Crippen LogP) is 1.51. The van der Waals surface area contributed by atoms with Gasteiger partial charge in [0, 0.05) is 30.2 Å². The van der Waals surface area contributed by atoms with Gasteiger partial charge in [0.1, 0.15) is 5.01 Å². The first-order valence-electron chi connectivity index (χ1n) is 7.48. The van der Waals surface area contributed by atoms with Gasteiger partial charge in [-0.05, 0) is 19.1 Å². The molecule has 1 aliphatic heterocycles. The minimum absolute atomic E-state index is 0.000830. The van der Waals surface area contributed by atoms with Crippen LogP contribution in [-0.4, -0.2) is 33.2 Å². The molecule has 2 aromatic heterocycles. The molecule has 3 heterocycles. The maximum absolute atomic E-state index is 12.2. The molecule has 6 nitrogen and oxygen atoms in total. The van der Waals surface area contributed by atoms with Crippen LogP contribution in [0.15, 0.2) is 29.8 Å². The highest BCUT2D eigenvalue weighted by atomic mass is 32.1. The van der Waals surface area contributed by atoms with E-state index in [0.717, 1.165) is 16.4 Å². The summed E-state index contributed by atoms with van der Waals surface area (Å²) < 4.78 is 0. The molecule has 0 aromatic carbocycles. The number of amides is 2. The second kappa shape index (κ2) is 6.87. The molecule has 3 rings (SSSR count). The van der Waals surface area contributed by atoms with Crippen LogP contribution in [-0.2, 0) is 22.7 Å². The number of rotatable bonds is 5. The van der Waals surface area contributed by atoms with Gasteiger partial charge in [-0.15, -0.1) is 11.3 Å². The zero-order chi connectivity index (χ0) is 16.2. The smallest absolute Gasteiger partial charge is 0.225 e. The molecule has 0 spiro atoms. The molecule has 2 amide bonds. The summed E-state index contributed by atoms with van der Waals surface area (Å²) in [6.45, 7) is 3.24. The van der Waals surface area contributed by atoms with Crippen molar-refractivity contribution in [3.8, 4) is 0 Å². The standard InChI is InChI=1S/C16H18N4O2S/c1-11-10-23-14(19-11)7-18-16(22)12-6-15(21)20(8-12)9-13-4-2-3-5-17-13/h2-5,10,12H,6-9H2,1H3,(H,18,22)/t12-/m1/s1. The fourth-order valence-electron chi connectivity index (χ4n) is 2.58. The zero-order valence-electron chi connectivity index (χ0n) is 12.9. The summed E-state index contributed by atoms with van der Waals surface area (Å²) in [7, 11) is 0. The number of hydrogen-bond acceptors (Lipinski definition) is 5. The van der Waals surface area contributed by atoms with Crippen molar-refractivity contribution in [2.45, 2.75) is 26.4 Å².